The quantitative estimate of drug-likeness (QED) is 0.154. The lowest BCUT2D eigenvalue weighted by molar-refractivity contribution is -0.141. The molecule has 3 atom stereocenters. The highest BCUT2D eigenvalue weighted by atomic mass is 32.1. The first-order chi connectivity index (χ1) is 14.5. The third-order valence-corrected chi connectivity index (χ3v) is 4.37. The first kappa shape index (κ1) is 25.7. The van der Waals surface area contributed by atoms with Crippen molar-refractivity contribution in [1.82, 2.24) is 16.0 Å². The molecule has 0 saturated carbocycles. The normalized spacial score (nSPS) is 13.4. The summed E-state index contributed by atoms with van der Waals surface area (Å²) in [7, 11) is 0. The molecule has 1 aromatic rings. The second kappa shape index (κ2) is 12.4. The molecule has 1 rings (SSSR count). The molecule has 12 nitrogen and oxygen atoms in total. The average Bonchev–Trinajstić information content (AvgIpc) is 2.70. The minimum absolute atomic E-state index is 0.00446. The number of benzene rings is 1. The molecule has 0 radical (unpaired) electrons. The lowest BCUT2D eigenvalue weighted by atomic mass is 10.0. The molecule has 4 amide bonds. The van der Waals surface area contributed by atoms with Crippen molar-refractivity contribution in [2.75, 3.05) is 12.3 Å². The molecule has 0 spiro atoms. The van der Waals surface area contributed by atoms with Crippen molar-refractivity contribution >= 4 is 42.2 Å². The summed E-state index contributed by atoms with van der Waals surface area (Å²) < 4.78 is 0. The summed E-state index contributed by atoms with van der Waals surface area (Å²) in [5, 5.41) is 25.4. The Hall–Kier alpha value is -3.32. The summed E-state index contributed by atoms with van der Waals surface area (Å²) in [4.78, 5) is 58.5. The fourth-order valence-electron chi connectivity index (χ4n) is 2.39. The van der Waals surface area contributed by atoms with Crippen LogP contribution in [0.15, 0.2) is 24.3 Å². The van der Waals surface area contributed by atoms with E-state index in [0.717, 1.165) is 0 Å². The maximum Gasteiger partial charge on any atom is 0.327 e. The van der Waals surface area contributed by atoms with Crippen LogP contribution in [0.5, 0.6) is 5.75 Å². The zero-order valence-electron chi connectivity index (χ0n) is 16.4. The summed E-state index contributed by atoms with van der Waals surface area (Å²) in [6.45, 7) is -0.542. The van der Waals surface area contributed by atoms with E-state index < -0.39 is 60.7 Å². The van der Waals surface area contributed by atoms with Crippen LogP contribution >= 0.6 is 12.6 Å². The molecule has 0 fully saturated rings. The Labute approximate surface area is 183 Å². The standard InChI is InChI=1S/C18H25N5O7S/c19-11(6-14(20)25)16(27)21-7-15(26)22-12(5-9-1-3-10(24)4-2-9)17(28)23-13(8-31)18(29)30/h1-4,11-13,24,31H,5-8,19H2,(H2,20,25)(H,21,27)(H,22,26)(H,23,28)(H,29,30). The number of carbonyl (C=O) groups excluding carboxylic acids is 4. The lowest BCUT2D eigenvalue weighted by Crippen LogP contribution is -2.55. The summed E-state index contributed by atoms with van der Waals surface area (Å²) in [6.07, 6.45) is -0.425. The van der Waals surface area contributed by atoms with Crippen LogP contribution in [0.25, 0.3) is 0 Å². The highest BCUT2D eigenvalue weighted by molar-refractivity contribution is 7.80. The predicted molar refractivity (Wildman–Crippen MR) is 112 cm³/mol. The van der Waals surface area contributed by atoms with E-state index >= 15 is 0 Å². The van der Waals surface area contributed by atoms with Gasteiger partial charge in [-0.3, -0.25) is 19.2 Å². The van der Waals surface area contributed by atoms with E-state index in [1.165, 1.54) is 24.3 Å². The largest absolute Gasteiger partial charge is 0.508 e. The zero-order valence-corrected chi connectivity index (χ0v) is 17.3. The number of thiol groups is 1. The SMILES string of the molecule is NC(=O)CC(N)C(=O)NCC(=O)NC(Cc1ccc(O)cc1)C(=O)NC(CS)C(=O)O. The second-order valence-electron chi connectivity index (χ2n) is 6.57. The van der Waals surface area contributed by atoms with E-state index in [0.29, 0.717) is 5.56 Å². The molecule has 0 aliphatic carbocycles. The first-order valence-corrected chi connectivity index (χ1v) is 9.69. The number of amides is 4. The highest BCUT2D eigenvalue weighted by Crippen LogP contribution is 2.11. The second-order valence-corrected chi connectivity index (χ2v) is 6.93. The Kier molecular flexibility index (Phi) is 10.3. The molecule has 1 aromatic carbocycles. The molecule has 0 aliphatic rings. The number of nitrogens with one attached hydrogen (secondary N) is 3. The highest BCUT2D eigenvalue weighted by Gasteiger charge is 2.26. The molecule has 9 N–H and O–H groups in total. The van der Waals surface area contributed by atoms with Crippen LogP contribution in [0.3, 0.4) is 0 Å². The summed E-state index contributed by atoms with van der Waals surface area (Å²) in [6, 6.07) is 2.14. The number of aromatic hydroxyl groups is 1. The third kappa shape index (κ3) is 9.35. The van der Waals surface area contributed by atoms with E-state index in [4.69, 9.17) is 16.6 Å². The number of carboxylic acid groups (broad SMARTS) is 1. The number of phenolic OH excluding ortho intramolecular Hbond substituents is 1. The number of hydrogen-bond acceptors (Lipinski definition) is 8. The molecule has 0 aliphatic heterocycles. The Bertz CT molecular complexity index is 818. The minimum Gasteiger partial charge on any atom is -0.508 e. The van der Waals surface area contributed by atoms with Gasteiger partial charge in [0.05, 0.1) is 19.0 Å². The molecule has 0 aromatic heterocycles. The number of hydrogen-bond donors (Lipinski definition) is 8. The number of nitrogens with two attached hydrogens (primary N) is 2. The molecular formula is C18H25N5O7S. The molecule has 0 bridgehead atoms. The number of phenols is 1. The Morgan fingerprint density at radius 3 is 2.13 bits per heavy atom. The predicted octanol–water partition coefficient (Wildman–Crippen LogP) is -2.76. The molecule has 31 heavy (non-hydrogen) atoms. The van der Waals surface area contributed by atoms with Crippen LogP contribution in [-0.2, 0) is 30.4 Å². The van der Waals surface area contributed by atoms with E-state index in [2.05, 4.69) is 28.6 Å². The van der Waals surface area contributed by atoms with Gasteiger partial charge < -0.3 is 37.6 Å². The average molecular weight is 455 g/mol. The number of rotatable bonds is 12. The van der Waals surface area contributed by atoms with Crippen LogP contribution in [0.1, 0.15) is 12.0 Å². The topological polar surface area (TPSA) is 214 Å². The van der Waals surface area contributed by atoms with Crippen LogP contribution < -0.4 is 27.4 Å². The first-order valence-electron chi connectivity index (χ1n) is 9.06. The Morgan fingerprint density at radius 2 is 1.61 bits per heavy atom. The Balaban J connectivity index is 2.82. The van der Waals surface area contributed by atoms with Crippen molar-refractivity contribution < 1.29 is 34.2 Å². The number of carbonyl (C=O) groups is 5. The van der Waals surface area contributed by atoms with Gasteiger partial charge in [-0.05, 0) is 17.7 Å². The van der Waals surface area contributed by atoms with Crippen LogP contribution in [0.4, 0.5) is 0 Å². The van der Waals surface area contributed by atoms with Crippen molar-refractivity contribution in [3.8, 4) is 5.75 Å². The van der Waals surface area contributed by atoms with Gasteiger partial charge in [0.2, 0.25) is 23.6 Å². The van der Waals surface area contributed by atoms with Gasteiger partial charge in [0, 0.05) is 12.2 Å². The molecule has 170 valence electrons. The smallest absolute Gasteiger partial charge is 0.327 e. The molecular weight excluding hydrogens is 430 g/mol. The van der Waals surface area contributed by atoms with Crippen LogP contribution in [0.2, 0.25) is 0 Å². The van der Waals surface area contributed by atoms with Gasteiger partial charge in [-0.25, -0.2) is 4.79 Å². The van der Waals surface area contributed by atoms with E-state index in [9.17, 15) is 29.1 Å². The number of aliphatic carboxylic acids is 1. The van der Waals surface area contributed by atoms with Gasteiger partial charge in [0.1, 0.15) is 17.8 Å². The summed E-state index contributed by atoms with van der Waals surface area (Å²) in [5.74, 6) is -4.56. The fraction of sp³-hybridized carbons (Fsp3) is 0.389. The molecule has 0 heterocycles. The van der Waals surface area contributed by atoms with Gasteiger partial charge in [0.15, 0.2) is 0 Å². The van der Waals surface area contributed by atoms with Gasteiger partial charge in [0.25, 0.3) is 0 Å². The number of carboxylic acids is 1. The number of primary amides is 1. The molecule has 3 unspecified atom stereocenters. The fourth-order valence-corrected chi connectivity index (χ4v) is 2.64. The summed E-state index contributed by atoms with van der Waals surface area (Å²) >= 11 is 3.87. The monoisotopic (exact) mass is 455 g/mol. The van der Waals surface area contributed by atoms with Crippen molar-refractivity contribution in [3.05, 3.63) is 29.8 Å². The van der Waals surface area contributed by atoms with Crippen molar-refractivity contribution in [1.29, 1.82) is 0 Å². The minimum atomic E-state index is -1.30. The lowest BCUT2D eigenvalue weighted by Gasteiger charge is -2.21. The van der Waals surface area contributed by atoms with Crippen LogP contribution in [-0.4, -0.2) is 70.2 Å². The maximum atomic E-state index is 12.6. The van der Waals surface area contributed by atoms with E-state index in [1.54, 1.807) is 0 Å². The third-order valence-electron chi connectivity index (χ3n) is 4.01. The molecule has 0 saturated heterocycles. The maximum absolute atomic E-state index is 12.6. The van der Waals surface area contributed by atoms with Gasteiger partial charge >= 0.3 is 5.97 Å². The van der Waals surface area contributed by atoms with Crippen molar-refractivity contribution in [3.63, 3.8) is 0 Å². The van der Waals surface area contributed by atoms with E-state index in [-0.39, 0.29) is 17.9 Å². The van der Waals surface area contributed by atoms with Gasteiger partial charge in [-0.1, -0.05) is 12.1 Å². The zero-order chi connectivity index (χ0) is 23.6. The molecule has 13 heteroatoms. The van der Waals surface area contributed by atoms with Crippen LogP contribution in [0, 0.1) is 0 Å². The van der Waals surface area contributed by atoms with Crippen molar-refractivity contribution in [2.45, 2.75) is 31.0 Å². The van der Waals surface area contributed by atoms with E-state index in [1.807, 2.05) is 0 Å². The van der Waals surface area contributed by atoms with Gasteiger partial charge in [-0.15, -0.1) is 0 Å². The van der Waals surface area contributed by atoms with Gasteiger partial charge in [-0.2, -0.15) is 12.6 Å². The summed E-state index contributed by atoms with van der Waals surface area (Å²) in [5.41, 5.74) is 11.0. The van der Waals surface area contributed by atoms with Crippen molar-refractivity contribution in [2.24, 2.45) is 11.5 Å². The Morgan fingerprint density at radius 1 is 1.00 bits per heavy atom.